The van der Waals surface area contributed by atoms with Gasteiger partial charge in [-0.25, -0.2) is 0 Å². The second kappa shape index (κ2) is 2.42. The van der Waals surface area contributed by atoms with Gasteiger partial charge in [0.25, 0.3) is 0 Å². The Morgan fingerprint density at radius 2 is 2.20 bits per heavy atom. The molecule has 0 spiro atoms. The third kappa shape index (κ3) is 1.26. The third-order valence-electron chi connectivity index (χ3n) is 2.07. The minimum absolute atomic E-state index is 0.845. The maximum atomic E-state index is 4.35. The van der Waals surface area contributed by atoms with Gasteiger partial charge in [0.1, 0.15) is 0 Å². The Hall–Kier alpha value is -0.240. The van der Waals surface area contributed by atoms with Crippen LogP contribution in [-0.2, 0) is 0 Å². The van der Waals surface area contributed by atoms with Crippen LogP contribution >= 0.6 is 12.6 Å². The quantitative estimate of drug-likeness (QED) is 0.555. The van der Waals surface area contributed by atoms with Gasteiger partial charge < -0.3 is 0 Å². The zero-order chi connectivity index (χ0) is 6.97. The third-order valence-corrected chi connectivity index (χ3v) is 2.40. The van der Waals surface area contributed by atoms with Crippen molar-refractivity contribution in [1.82, 2.24) is 0 Å². The fourth-order valence-electron chi connectivity index (χ4n) is 1.27. The van der Waals surface area contributed by atoms with E-state index in [0.29, 0.717) is 0 Å². The second-order valence-corrected chi connectivity index (χ2v) is 3.59. The fraction of sp³-hybridized carbons (Fsp3) is 0.625. The van der Waals surface area contributed by atoms with Crippen LogP contribution in [0.3, 0.4) is 0 Å². The van der Waals surface area contributed by atoms with E-state index in [4.69, 9.17) is 0 Å². The van der Waals surface area contributed by atoms with Crippen molar-refractivity contribution in [2.45, 2.75) is 25.7 Å². The summed E-state index contributed by atoms with van der Waals surface area (Å²) in [5.74, 6) is 0.845. The molecule has 0 aromatic carbocycles. The van der Waals surface area contributed by atoms with E-state index in [1.807, 2.05) is 6.20 Å². The van der Waals surface area contributed by atoms with Gasteiger partial charge in [-0.3, -0.25) is 4.99 Å². The highest BCUT2D eigenvalue weighted by molar-refractivity contribution is 7.84. The van der Waals surface area contributed by atoms with Crippen LogP contribution in [0.1, 0.15) is 25.7 Å². The van der Waals surface area contributed by atoms with E-state index in [2.05, 4.69) is 17.6 Å². The molecular weight excluding hydrogens is 142 g/mol. The highest BCUT2D eigenvalue weighted by Crippen LogP contribution is 2.34. The first-order chi connectivity index (χ1) is 4.86. The molecular formula is C8H11NS. The first-order valence-electron chi connectivity index (χ1n) is 3.81. The highest BCUT2D eigenvalue weighted by Gasteiger charge is 2.27. The van der Waals surface area contributed by atoms with E-state index in [1.54, 1.807) is 0 Å². The Morgan fingerprint density at radius 3 is 2.70 bits per heavy atom. The summed E-state index contributed by atoms with van der Waals surface area (Å²) in [6.45, 7) is 0. The Bertz CT molecular complexity index is 201. The number of allylic oxidation sites excluding steroid dienone is 1. The number of aliphatic imine (C=N–C) groups is 1. The lowest BCUT2D eigenvalue weighted by Crippen LogP contribution is -2.03. The lowest BCUT2D eigenvalue weighted by Gasteiger charge is -2.08. The average molecular weight is 153 g/mol. The van der Waals surface area contributed by atoms with E-state index in [-0.39, 0.29) is 0 Å². The summed E-state index contributed by atoms with van der Waals surface area (Å²) in [6, 6.07) is 0. The van der Waals surface area contributed by atoms with Crippen molar-refractivity contribution < 1.29 is 0 Å². The average Bonchev–Trinajstić information content (AvgIpc) is 2.71. The predicted molar refractivity (Wildman–Crippen MR) is 46.5 cm³/mol. The fourth-order valence-corrected chi connectivity index (χ4v) is 1.44. The molecule has 0 aromatic rings. The summed E-state index contributed by atoms with van der Waals surface area (Å²) < 4.78 is 0. The molecule has 0 unspecified atom stereocenters. The van der Waals surface area contributed by atoms with E-state index < -0.39 is 0 Å². The summed E-state index contributed by atoms with van der Waals surface area (Å²) in [4.78, 5) is 5.48. The van der Waals surface area contributed by atoms with Gasteiger partial charge >= 0.3 is 0 Å². The Labute approximate surface area is 66.6 Å². The van der Waals surface area contributed by atoms with Crippen LogP contribution in [0.4, 0.5) is 0 Å². The standard InChI is InChI=1S/C8H11NS/c10-7-3-4-8(9-5-7)6-1-2-6/h5-6,10H,1-4H2. The van der Waals surface area contributed by atoms with E-state index in [1.165, 1.54) is 18.6 Å². The minimum Gasteiger partial charge on any atom is -0.265 e. The molecule has 0 bridgehead atoms. The number of thiol groups is 1. The summed E-state index contributed by atoms with van der Waals surface area (Å²) in [5.41, 5.74) is 1.41. The molecule has 1 aliphatic carbocycles. The number of rotatable bonds is 1. The summed E-state index contributed by atoms with van der Waals surface area (Å²) >= 11 is 4.24. The van der Waals surface area contributed by atoms with Crippen LogP contribution in [0.5, 0.6) is 0 Å². The topological polar surface area (TPSA) is 12.4 Å². The molecule has 10 heavy (non-hydrogen) atoms. The first-order valence-corrected chi connectivity index (χ1v) is 4.25. The largest absolute Gasteiger partial charge is 0.265 e. The molecule has 0 saturated heterocycles. The van der Waals surface area contributed by atoms with Crippen molar-refractivity contribution in [2.24, 2.45) is 10.9 Å². The predicted octanol–water partition coefficient (Wildman–Crippen LogP) is 2.40. The minimum atomic E-state index is 0.845. The van der Waals surface area contributed by atoms with Gasteiger partial charge in [0, 0.05) is 16.8 Å². The molecule has 0 N–H and O–H groups in total. The summed E-state index contributed by atoms with van der Waals surface area (Å²) in [5, 5.41) is 0. The van der Waals surface area contributed by atoms with Gasteiger partial charge in [-0.15, -0.1) is 12.6 Å². The van der Waals surface area contributed by atoms with Crippen molar-refractivity contribution in [3.63, 3.8) is 0 Å². The van der Waals surface area contributed by atoms with Crippen LogP contribution in [0.25, 0.3) is 0 Å². The van der Waals surface area contributed by atoms with Crippen LogP contribution in [-0.4, -0.2) is 5.71 Å². The molecule has 0 aromatic heterocycles. The molecule has 0 atom stereocenters. The molecule has 1 saturated carbocycles. The van der Waals surface area contributed by atoms with Gasteiger partial charge in [0.15, 0.2) is 0 Å². The number of hydrogen-bond donors (Lipinski definition) is 1. The van der Waals surface area contributed by atoms with Crippen molar-refractivity contribution in [3.05, 3.63) is 11.1 Å². The lowest BCUT2D eigenvalue weighted by molar-refractivity contribution is 0.977. The van der Waals surface area contributed by atoms with Crippen LogP contribution in [0.15, 0.2) is 16.1 Å². The zero-order valence-corrected chi connectivity index (χ0v) is 6.77. The van der Waals surface area contributed by atoms with Crippen LogP contribution < -0.4 is 0 Å². The van der Waals surface area contributed by atoms with Crippen molar-refractivity contribution in [1.29, 1.82) is 0 Å². The molecule has 2 aliphatic rings. The highest BCUT2D eigenvalue weighted by atomic mass is 32.1. The molecule has 1 nitrogen and oxygen atoms in total. The van der Waals surface area contributed by atoms with E-state index >= 15 is 0 Å². The van der Waals surface area contributed by atoms with Crippen molar-refractivity contribution in [3.8, 4) is 0 Å². The molecule has 54 valence electrons. The van der Waals surface area contributed by atoms with E-state index in [9.17, 15) is 0 Å². The van der Waals surface area contributed by atoms with Gasteiger partial charge in [-0.1, -0.05) is 0 Å². The van der Waals surface area contributed by atoms with Crippen molar-refractivity contribution >= 4 is 18.3 Å². The van der Waals surface area contributed by atoms with Gasteiger partial charge in [-0.2, -0.15) is 0 Å². The summed E-state index contributed by atoms with van der Waals surface area (Å²) in [6.07, 6.45) is 6.90. The number of hydrogen-bond acceptors (Lipinski definition) is 2. The molecule has 0 amide bonds. The molecule has 1 heterocycles. The molecule has 2 rings (SSSR count). The monoisotopic (exact) mass is 153 g/mol. The van der Waals surface area contributed by atoms with Gasteiger partial charge in [0.2, 0.25) is 0 Å². The zero-order valence-electron chi connectivity index (χ0n) is 5.88. The van der Waals surface area contributed by atoms with Crippen LogP contribution in [0.2, 0.25) is 0 Å². The molecule has 1 fully saturated rings. The van der Waals surface area contributed by atoms with Crippen LogP contribution in [0, 0.1) is 5.92 Å². The first kappa shape index (κ1) is 6.47. The van der Waals surface area contributed by atoms with E-state index in [0.717, 1.165) is 23.7 Å². The Kier molecular flexibility index (Phi) is 1.57. The summed E-state index contributed by atoms with van der Waals surface area (Å²) in [7, 11) is 0. The maximum Gasteiger partial charge on any atom is 0.0360 e. The maximum absolute atomic E-state index is 4.35. The second-order valence-electron chi connectivity index (χ2n) is 3.02. The Balaban J connectivity index is 2.09. The number of nitrogens with zero attached hydrogens (tertiary/aromatic N) is 1. The normalized spacial score (nSPS) is 25.7. The SMILES string of the molecule is SC1=CN=C(C2CC2)CC1. The smallest absolute Gasteiger partial charge is 0.0360 e. The van der Waals surface area contributed by atoms with Crippen molar-refractivity contribution in [2.75, 3.05) is 0 Å². The molecule has 0 radical (unpaired) electrons. The molecule has 1 aliphatic heterocycles. The Morgan fingerprint density at radius 1 is 1.40 bits per heavy atom. The lowest BCUT2D eigenvalue weighted by atomic mass is 10.1. The molecule has 2 heteroatoms. The van der Waals surface area contributed by atoms with Gasteiger partial charge in [-0.05, 0) is 31.6 Å². The van der Waals surface area contributed by atoms with Gasteiger partial charge in [0.05, 0.1) is 0 Å².